The summed E-state index contributed by atoms with van der Waals surface area (Å²) in [4.78, 5) is 27.5. The smallest absolute Gasteiger partial charge is 0.327 e. The molecule has 0 unspecified atom stereocenters. The predicted molar refractivity (Wildman–Crippen MR) is 114 cm³/mol. The van der Waals surface area contributed by atoms with Crippen molar-refractivity contribution in [1.29, 1.82) is 0 Å². The highest BCUT2D eigenvalue weighted by atomic mass is 19.1. The molecule has 1 saturated carbocycles. The van der Waals surface area contributed by atoms with Crippen LogP contribution < -0.4 is 16.0 Å². The lowest BCUT2D eigenvalue weighted by molar-refractivity contribution is 0.252. The Hall–Kier alpha value is -3.55. The van der Waals surface area contributed by atoms with Crippen LogP contribution in [0.1, 0.15) is 32.1 Å². The van der Waals surface area contributed by atoms with Crippen LogP contribution in [0.25, 0.3) is 11.3 Å². The number of carbonyl (C=O) groups excluding carboxylic acids is 1. The second-order valence-corrected chi connectivity index (χ2v) is 7.33. The molecule has 0 saturated heterocycles. The number of amides is 2. The van der Waals surface area contributed by atoms with Gasteiger partial charge in [0, 0.05) is 30.1 Å². The Morgan fingerprint density at radius 2 is 1.93 bits per heavy atom. The number of nitrogens with two attached hydrogens (primary N) is 1. The van der Waals surface area contributed by atoms with Crippen molar-refractivity contribution >= 4 is 23.2 Å². The minimum atomic E-state index is -0.520. The molecule has 8 heteroatoms. The third kappa shape index (κ3) is 4.37. The SMILES string of the molecule is Nc1ccc(-c2cccnc2)nc1N(C(=O)Nc1cncc(F)c1)C1CCCCC1. The van der Waals surface area contributed by atoms with Gasteiger partial charge in [0.2, 0.25) is 0 Å². The highest BCUT2D eigenvalue weighted by Crippen LogP contribution is 2.32. The molecule has 0 aromatic carbocycles. The first-order valence-electron chi connectivity index (χ1n) is 9.99. The summed E-state index contributed by atoms with van der Waals surface area (Å²) in [6, 6.07) is 8.07. The fourth-order valence-electron chi connectivity index (χ4n) is 3.77. The maximum absolute atomic E-state index is 13.5. The summed E-state index contributed by atoms with van der Waals surface area (Å²) in [5, 5.41) is 2.74. The third-order valence-corrected chi connectivity index (χ3v) is 5.21. The molecule has 0 bridgehead atoms. The summed E-state index contributed by atoms with van der Waals surface area (Å²) in [5.74, 6) is -0.127. The fraction of sp³-hybridized carbons (Fsp3) is 0.273. The van der Waals surface area contributed by atoms with Crippen LogP contribution in [0.2, 0.25) is 0 Å². The number of aromatic nitrogens is 3. The molecule has 3 aromatic heterocycles. The van der Waals surface area contributed by atoms with Crippen molar-refractivity contribution < 1.29 is 9.18 Å². The number of pyridine rings is 3. The van der Waals surface area contributed by atoms with Crippen molar-refractivity contribution in [3.8, 4) is 11.3 Å². The number of nitrogens with zero attached hydrogens (tertiary/aromatic N) is 4. The molecule has 30 heavy (non-hydrogen) atoms. The molecule has 1 aliphatic carbocycles. The average molecular weight is 406 g/mol. The van der Waals surface area contributed by atoms with Crippen molar-refractivity contribution in [2.24, 2.45) is 0 Å². The number of anilines is 3. The van der Waals surface area contributed by atoms with Crippen LogP contribution in [-0.4, -0.2) is 27.0 Å². The Balaban J connectivity index is 1.71. The van der Waals surface area contributed by atoms with Gasteiger partial charge in [-0.05, 0) is 37.1 Å². The molecule has 2 amide bonds. The highest BCUT2D eigenvalue weighted by molar-refractivity contribution is 6.03. The van der Waals surface area contributed by atoms with Crippen LogP contribution in [0, 0.1) is 5.82 Å². The molecular weight excluding hydrogens is 383 g/mol. The predicted octanol–water partition coefficient (Wildman–Crippen LogP) is 4.63. The maximum atomic E-state index is 13.5. The van der Waals surface area contributed by atoms with E-state index in [1.54, 1.807) is 23.4 Å². The first kappa shape index (κ1) is 19.8. The summed E-state index contributed by atoms with van der Waals surface area (Å²) in [7, 11) is 0. The minimum absolute atomic E-state index is 0.0424. The molecule has 0 radical (unpaired) electrons. The summed E-state index contributed by atoms with van der Waals surface area (Å²) < 4.78 is 13.5. The van der Waals surface area contributed by atoms with Gasteiger partial charge in [-0.25, -0.2) is 14.2 Å². The first-order valence-corrected chi connectivity index (χ1v) is 9.99. The Morgan fingerprint density at radius 1 is 1.10 bits per heavy atom. The lowest BCUT2D eigenvalue weighted by Gasteiger charge is -2.34. The lowest BCUT2D eigenvalue weighted by Crippen LogP contribution is -2.45. The maximum Gasteiger partial charge on any atom is 0.327 e. The van der Waals surface area contributed by atoms with E-state index in [0.29, 0.717) is 17.2 Å². The fourth-order valence-corrected chi connectivity index (χ4v) is 3.77. The Kier molecular flexibility index (Phi) is 5.83. The number of nitrogen functional groups attached to an aromatic ring is 1. The van der Waals surface area contributed by atoms with E-state index >= 15 is 0 Å². The van der Waals surface area contributed by atoms with Gasteiger partial charge in [0.25, 0.3) is 0 Å². The molecule has 0 spiro atoms. The van der Waals surface area contributed by atoms with E-state index < -0.39 is 11.8 Å². The van der Waals surface area contributed by atoms with Crippen molar-refractivity contribution in [2.45, 2.75) is 38.1 Å². The molecule has 154 valence electrons. The van der Waals surface area contributed by atoms with Gasteiger partial charge in [-0.3, -0.25) is 14.9 Å². The van der Waals surface area contributed by atoms with Crippen LogP contribution in [0.15, 0.2) is 55.1 Å². The van der Waals surface area contributed by atoms with Crippen LogP contribution >= 0.6 is 0 Å². The van der Waals surface area contributed by atoms with Crippen molar-refractivity contribution in [3.05, 3.63) is 60.9 Å². The second kappa shape index (κ2) is 8.86. The zero-order valence-electron chi connectivity index (χ0n) is 16.5. The van der Waals surface area contributed by atoms with E-state index in [2.05, 4.69) is 15.3 Å². The summed E-state index contributed by atoms with van der Waals surface area (Å²) in [6.07, 6.45) is 10.8. The van der Waals surface area contributed by atoms with Gasteiger partial charge in [0.05, 0.1) is 29.5 Å². The number of nitrogens with one attached hydrogen (secondary N) is 1. The van der Waals surface area contributed by atoms with Crippen molar-refractivity contribution in [1.82, 2.24) is 15.0 Å². The standard InChI is InChI=1S/C22H23FN6O/c23-16-11-17(14-26-13-16)27-22(30)29(18-6-2-1-3-7-18)21-19(24)8-9-20(28-21)15-5-4-10-25-12-15/h4-5,8-14,18H,1-3,6-7,24H2,(H,27,30). The Morgan fingerprint density at radius 3 is 2.67 bits per heavy atom. The van der Waals surface area contributed by atoms with Gasteiger partial charge < -0.3 is 11.1 Å². The molecule has 7 nitrogen and oxygen atoms in total. The zero-order valence-corrected chi connectivity index (χ0v) is 16.5. The average Bonchev–Trinajstić information content (AvgIpc) is 2.77. The quantitative estimate of drug-likeness (QED) is 0.658. The lowest BCUT2D eigenvalue weighted by atomic mass is 9.94. The molecule has 3 aromatic rings. The summed E-state index contributed by atoms with van der Waals surface area (Å²) >= 11 is 0. The molecule has 3 heterocycles. The monoisotopic (exact) mass is 406 g/mol. The molecule has 1 aliphatic rings. The molecule has 0 atom stereocenters. The van der Waals surface area contributed by atoms with E-state index in [1.807, 2.05) is 18.2 Å². The number of carbonyl (C=O) groups is 1. The second-order valence-electron chi connectivity index (χ2n) is 7.33. The van der Waals surface area contributed by atoms with Crippen LogP contribution in [-0.2, 0) is 0 Å². The first-order chi connectivity index (χ1) is 14.6. The largest absolute Gasteiger partial charge is 0.396 e. The summed E-state index contributed by atoms with van der Waals surface area (Å²) in [6.45, 7) is 0. The van der Waals surface area contributed by atoms with Gasteiger partial charge in [-0.15, -0.1) is 0 Å². The van der Waals surface area contributed by atoms with Gasteiger partial charge in [0.1, 0.15) is 5.82 Å². The van der Waals surface area contributed by atoms with Gasteiger partial charge in [0.15, 0.2) is 5.82 Å². The highest BCUT2D eigenvalue weighted by Gasteiger charge is 2.30. The van der Waals surface area contributed by atoms with Gasteiger partial charge in [-0.1, -0.05) is 19.3 Å². The number of hydrogen-bond acceptors (Lipinski definition) is 5. The number of halogens is 1. The van der Waals surface area contributed by atoms with E-state index in [1.165, 1.54) is 12.3 Å². The van der Waals surface area contributed by atoms with Crippen molar-refractivity contribution in [2.75, 3.05) is 16.0 Å². The number of hydrogen-bond donors (Lipinski definition) is 2. The van der Waals surface area contributed by atoms with E-state index in [0.717, 1.165) is 43.9 Å². The van der Waals surface area contributed by atoms with Crippen LogP contribution in [0.5, 0.6) is 0 Å². The Labute approximate surface area is 174 Å². The van der Waals surface area contributed by atoms with Crippen LogP contribution in [0.3, 0.4) is 0 Å². The van der Waals surface area contributed by atoms with Gasteiger partial charge in [-0.2, -0.15) is 0 Å². The number of urea groups is 1. The van der Waals surface area contributed by atoms with Gasteiger partial charge >= 0.3 is 6.03 Å². The van der Waals surface area contributed by atoms with E-state index in [4.69, 9.17) is 10.7 Å². The molecule has 0 aliphatic heterocycles. The van der Waals surface area contributed by atoms with Crippen LogP contribution in [0.4, 0.5) is 26.4 Å². The normalized spacial score (nSPS) is 14.3. The molecular formula is C22H23FN6O. The van der Waals surface area contributed by atoms with Crippen molar-refractivity contribution in [3.63, 3.8) is 0 Å². The molecule has 3 N–H and O–H groups in total. The molecule has 4 rings (SSSR count). The number of rotatable bonds is 4. The Bertz CT molecular complexity index is 1020. The third-order valence-electron chi connectivity index (χ3n) is 5.21. The summed E-state index contributed by atoms with van der Waals surface area (Å²) in [5.41, 5.74) is 8.45. The topological polar surface area (TPSA) is 97.0 Å². The zero-order chi connectivity index (χ0) is 20.9. The minimum Gasteiger partial charge on any atom is -0.396 e. The van der Waals surface area contributed by atoms with E-state index in [9.17, 15) is 9.18 Å². The molecule has 1 fully saturated rings. The van der Waals surface area contributed by atoms with E-state index in [-0.39, 0.29) is 11.7 Å².